The maximum absolute atomic E-state index is 13.2. The number of hydrogen-bond donors (Lipinski definition) is 3. The normalized spacial score (nSPS) is 24.7. The lowest BCUT2D eigenvalue weighted by molar-refractivity contribution is -0.156. The molecule has 0 unspecified atom stereocenters. The van der Waals surface area contributed by atoms with Crippen molar-refractivity contribution in [1.82, 2.24) is 20.1 Å². The van der Waals surface area contributed by atoms with Crippen molar-refractivity contribution >= 4 is 57.6 Å². The Kier molecular flexibility index (Phi) is 8.00. The highest BCUT2D eigenvalue weighted by Crippen LogP contribution is 2.41. The summed E-state index contributed by atoms with van der Waals surface area (Å²) in [5, 5.41) is 17.5. The van der Waals surface area contributed by atoms with Crippen molar-refractivity contribution in [2.45, 2.75) is 55.8 Å². The third-order valence-electron chi connectivity index (χ3n) is 6.99. The van der Waals surface area contributed by atoms with Crippen molar-refractivity contribution in [1.29, 1.82) is 0 Å². The predicted octanol–water partition coefficient (Wildman–Crippen LogP) is 1.85. The third-order valence-corrected chi connectivity index (χ3v) is 8.97. The molecule has 1 aromatic rings. The number of alkyl halides is 3. The molecule has 2 atom stereocenters. The lowest BCUT2D eigenvalue weighted by Crippen LogP contribution is -2.71. The van der Waals surface area contributed by atoms with Crippen LogP contribution in [-0.4, -0.2) is 91.8 Å². The Morgan fingerprint density at radius 3 is 2.66 bits per heavy atom. The molecule has 0 radical (unpaired) electrons. The number of nitrogens with zero attached hydrogens (tertiary/aromatic N) is 4. The highest BCUT2D eigenvalue weighted by molar-refractivity contribution is 8.00. The van der Waals surface area contributed by atoms with Gasteiger partial charge in [-0.15, -0.1) is 23.1 Å². The number of carboxylic acids is 1. The number of nitrogens with two attached hydrogens (primary N) is 1. The first-order chi connectivity index (χ1) is 19.4. The molecule has 3 amide bonds. The molecule has 0 aromatic carbocycles. The van der Waals surface area contributed by atoms with Crippen LogP contribution in [-0.2, 0) is 24.0 Å². The van der Waals surface area contributed by atoms with Gasteiger partial charge in [-0.25, -0.2) is 9.78 Å². The lowest BCUT2D eigenvalue weighted by Gasteiger charge is -2.49. The molecule has 1 saturated carbocycles. The number of thioether (sulfide) groups is 1. The van der Waals surface area contributed by atoms with Gasteiger partial charge in [-0.3, -0.25) is 19.3 Å². The first kappa shape index (κ1) is 28.9. The van der Waals surface area contributed by atoms with E-state index in [2.05, 4.69) is 15.5 Å². The summed E-state index contributed by atoms with van der Waals surface area (Å²) < 4.78 is 38.3. The van der Waals surface area contributed by atoms with E-state index < -0.39 is 47.8 Å². The van der Waals surface area contributed by atoms with Crippen LogP contribution in [0.3, 0.4) is 0 Å². The van der Waals surface area contributed by atoms with Crippen LogP contribution in [0, 0.1) is 0 Å². The number of aromatic nitrogens is 1. The van der Waals surface area contributed by atoms with E-state index in [1.807, 2.05) is 0 Å². The van der Waals surface area contributed by atoms with Crippen LogP contribution in [0.25, 0.3) is 0 Å². The highest BCUT2D eigenvalue weighted by atomic mass is 32.2. The number of hydrogen-bond acceptors (Lipinski definition) is 10. The number of carbonyl (C=O) groups is 4. The number of likely N-dealkylation sites (tertiary alicyclic amines) is 1. The van der Waals surface area contributed by atoms with Gasteiger partial charge in [-0.2, -0.15) is 13.2 Å². The maximum atomic E-state index is 13.2. The Morgan fingerprint density at radius 2 is 2.02 bits per heavy atom. The fraction of sp³-hybridized carbons (Fsp3) is 0.500. The number of amides is 3. The van der Waals surface area contributed by atoms with Gasteiger partial charge in [-0.05, 0) is 43.8 Å². The van der Waals surface area contributed by atoms with Gasteiger partial charge in [-0.1, -0.05) is 5.16 Å². The number of rotatable bonds is 8. The molecule has 17 heteroatoms. The van der Waals surface area contributed by atoms with E-state index in [9.17, 15) is 37.5 Å². The summed E-state index contributed by atoms with van der Waals surface area (Å²) in [5.41, 5.74) is 5.49. The highest BCUT2D eigenvalue weighted by Gasteiger charge is 2.54. The second kappa shape index (κ2) is 11.3. The summed E-state index contributed by atoms with van der Waals surface area (Å²) in [5.74, 6) is -3.67. The van der Waals surface area contributed by atoms with Crippen LogP contribution >= 0.6 is 23.1 Å². The van der Waals surface area contributed by atoms with Crippen molar-refractivity contribution in [3.8, 4) is 0 Å². The summed E-state index contributed by atoms with van der Waals surface area (Å²) in [4.78, 5) is 62.3. The second-order valence-electron chi connectivity index (χ2n) is 9.82. The van der Waals surface area contributed by atoms with E-state index in [1.54, 1.807) is 0 Å². The molecule has 3 aliphatic heterocycles. The summed E-state index contributed by atoms with van der Waals surface area (Å²) in [6.45, 7) is -1.55. The summed E-state index contributed by atoms with van der Waals surface area (Å²) in [7, 11) is 0. The molecule has 2 saturated heterocycles. The molecular formula is C24H25F3N6O6S2. The minimum atomic E-state index is -4.56. The molecule has 5 rings (SSSR count). The van der Waals surface area contributed by atoms with Crippen molar-refractivity contribution in [2.24, 2.45) is 5.16 Å². The minimum Gasteiger partial charge on any atom is -0.477 e. The fourth-order valence-corrected chi connectivity index (χ4v) is 6.92. The summed E-state index contributed by atoms with van der Waals surface area (Å²) in [6, 6.07) is -1.08. The van der Waals surface area contributed by atoms with Crippen LogP contribution < -0.4 is 11.1 Å². The number of nitrogens with one attached hydrogen (secondary N) is 1. The van der Waals surface area contributed by atoms with Gasteiger partial charge in [0.1, 0.15) is 35.5 Å². The van der Waals surface area contributed by atoms with Crippen LogP contribution in [0.4, 0.5) is 18.3 Å². The van der Waals surface area contributed by atoms with Crippen molar-refractivity contribution in [2.75, 3.05) is 24.6 Å². The minimum absolute atomic E-state index is 0.0121. The number of carboxylic acid groups (broad SMARTS) is 1. The molecule has 41 heavy (non-hydrogen) atoms. The number of aliphatic carboxylic acids is 1. The van der Waals surface area contributed by atoms with Crippen molar-refractivity contribution < 1.29 is 42.3 Å². The van der Waals surface area contributed by atoms with E-state index in [1.165, 1.54) is 11.5 Å². The molecular weight excluding hydrogens is 589 g/mol. The third kappa shape index (κ3) is 6.05. The quantitative estimate of drug-likeness (QED) is 0.171. The number of halogens is 3. The van der Waals surface area contributed by atoms with E-state index in [4.69, 9.17) is 10.6 Å². The second-order valence-corrected chi connectivity index (χ2v) is 11.8. The Bertz CT molecular complexity index is 1370. The van der Waals surface area contributed by atoms with Gasteiger partial charge in [0.05, 0.1) is 0 Å². The maximum Gasteiger partial charge on any atom is 0.406 e. The van der Waals surface area contributed by atoms with Crippen LogP contribution in [0.2, 0.25) is 0 Å². The van der Waals surface area contributed by atoms with E-state index in [0.717, 1.165) is 53.7 Å². The number of β-lactam (4-membered cyclic amide) rings is 1. The number of thiazole rings is 1. The van der Waals surface area contributed by atoms with Crippen LogP contribution in [0.15, 0.2) is 33.5 Å². The first-order valence-electron chi connectivity index (χ1n) is 12.7. The van der Waals surface area contributed by atoms with Gasteiger partial charge in [0.15, 0.2) is 10.8 Å². The first-order valence-corrected chi connectivity index (χ1v) is 14.6. The molecule has 0 spiro atoms. The number of oxime groups is 1. The fourth-order valence-electron chi connectivity index (χ4n) is 5.06. The molecule has 4 aliphatic rings. The van der Waals surface area contributed by atoms with Crippen molar-refractivity contribution in [3.63, 3.8) is 0 Å². The Balaban J connectivity index is 1.32. The largest absolute Gasteiger partial charge is 0.477 e. The molecule has 4 N–H and O–H groups in total. The molecule has 12 nitrogen and oxygen atoms in total. The number of allylic oxidation sites excluding steroid dienone is 1. The molecule has 1 aromatic heterocycles. The van der Waals surface area contributed by atoms with Gasteiger partial charge >= 0.3 is 12.1 Å². The average molecular weight is 615 g/mol. The number of fused-ring (bicyclic) bond motifs is 1. The zero-order valence-corrected chi connectivity index (χ0v) is 23.0. The molecule has 3 fully saturated rings. The van der Waals surface area contributed by atoms with E-state index in [0.29, 0.717) is 4.90 Å². The Morgan fingerprint density at radius 1 is 1.29 bits per heavy atom. The van der Waals surface area contributed by atoms with Crippen LogP contribution in [0.1, 0.15) is 37.8 Å². The van der Waals surface area contributed by atoms with Crippen LogP contribution in [0.5, 0.6) is 0 Å². The number of anilines is 1. The number of nitrogen functional groups attached to an aromatic ring is 1. The molecule has 4 heterocycles. The standard InChI is InChI=1S/C24H25F3N6O6S2/c25-24(26,27)10-32-6-5-11(19(32)35)7-12-8-40-21-16(20(36)33(21)17(12)22(37)38)30-18(34)15(14-9-41-23(28)29-14)31-39-13-3-1-2-4-13/h7,9,13,16,21H,1-6,8,10H2,(H2,28,29)(H,30,34)(H,37,38)/t16-,21-/m1/s1. The predicted molar refractivity (Wildman–Crippen MR) is 141 cm³/mol. The average Bonchev–Trinajstić information content (AvgIpc) is 3.65. The van der Waals surface area contributed by atoms with Gasteiger partial charge in [0, 0.05) is 23.3 Å². The Labute approximate surface area is 239 Å². The van der Waals surface area contributed by atoms with E-state index in [-0.39, 0.29) is 58.2 Å². The van der Waals surface area contributed by atoms with Gasteiger partial charge in [0.2, 0.25) is 5.91 Å². The Hall–Kier alpha value is -3.60. The topological polar surface area (TPSA) is 168 Å². The van der Waals surface area contributed by atoms with Gasteiger partial charge < -0.3 is 25.9 Å². The number of carbonyl (C=O) groups excluding carboxylic acids is 3. The summed E-state index contributed by atoms with van der Waals surface area (Å²) >= 11 is 2.25. The lowest BCUT2D eigenvalue weighted by atomic mass is 10.0. The summed E-state index contributed by atoms with van der Waals surface area (Å²) in [6.07, 6.45) is 0.103. The molecule has 0 bridgehead atoms. The zero-order valence-electron chi connectivity index (χ0n) is 21.3. The monoisotopic (exact) mass is 614 g/mol. The van der Waals surface area contributed by atoms with Gasteiger partial charge in [0.25, 0.3) is 11.8 Å². The van der Waals surface area contributed by atoms with E-state index >= 15 is 0 Å². The SMILES string of the molecule is Nc1nc(C(=NOC2CCCC2)C(=O)N[C@@H]2C(=O)N3C(C(=O)O)=C(C=C4CCN(CC(F)(F)F)C4=O)CS[C@H]23)cs1. The molecule has 220 valence electrons. The smallest absolute Gasteiger partial charge is 0.406 e. The zero-order chi connectivity index (χ0) is 29.5. The van der Waals surface area contributed by atoms with Crippen molar-refractivity contribution in [3.05, 3.63) is 34.0 Å². The molecule has 1 aliphatic carbocycles.